The molecule has 8 nitrogen and oxygen atoms in total. The molecule has 9 heteroatoms. The fourth-order valence-electron chi connectivity index (χ4n) is 5.68. The van der Waals surface area contributed by atoms with Crippen LogP contribution in [-0.2, 0) is 28.3 Å². The highest BCUT2D eigenvalue weighted by Crippen LogP contribution is 2.47. The molecule has 0 fully saturated rings. The van der Waals surface area contributed by atoms with E-state index in [4.69, 9.17) is 10.5 Å². The summed E-state index contributed by atoms with van der Waals surface area (Å²) in [6.07, 6.45) is -0.642. The molecule has 1 unspecified atom stereocenters. The van der Waals surface area contributed by atoms with Crippen LogP contribution in [0.25, 0.3) is 22.3 Å². The van der Waals surface area contributed by atoms with Gasteiger partial charge in [-0.1, -0.05) is 6.92 Å². The van der Waals surface area contributed by atoms with Crippen LogP contribution in [0.5, 0.6) is 0 Å². The Bertz CT molecular complexity index is 1480. The average molecular weight is 451 g/mol. The Morgan fingerprint density at radius 2 is 2.06 bits per heavy atom. The highest BCUT2D eigenvalue weighted by atomic mass is 19.1. The maximum absolute atomic E-state index is 14.7. The summed E-state index contributed by atoms with van der Waals surface area (Å²) in [7, 11) is 0. The van der Waals surface area contributed by atoms with Gasteiger partial charge in [0.25, 0.3) is 5.56 Å². The lowest BCUT2D eigenvalue weighted by molar-refractivity contribution is -0.172. The maximum Gasteiger partial charge on any atom is 0.343 e. The van der Waals surface area contributed by atoms with E-state index in [9.17, 15) is 24.2 Å². The van der Waals surface area contributed by atoms with Crippen molar-refractivity contribution in [2.45, 2.75) is 57.6 Å². The SMILES string of the molecule is CC[C@@]1(O)C(=O)OCc2c1cc1n(c2=O)Cc2c-1nc1cc(F)c(C)c3c1c2[C@@H](N)CC3O. The molecule has 170 valence electrons. The number of aliphatic hydroxyl groups is 2. The monoisotopic (exact) mass is 451 g/mol. The molecule has 4 N–H and O–H groups in total. The summed E-state index contributed by atoms with van der Waals surface area (Å²) in [6, 6.07) is 2.42. The number of carbonyl (C=O) groups excluding carboxylic acids is 1. The summed E-state index contributed by atoms with van der Waals surface area (Å²) in [5.41, 5.74) is 8.20. The standard InChI is InChI=1S/C24H22FN3O5/c1-3-24(32)12-4-16-21-10(7-28(16)22(30)11(12)8-33-23(24)31)19-14(26)6-17(29)18-9(2)13(25)5-15(27-21)20(18)19/h4-5,14,17,29,32H,3,6-8,26H2,1-2H3/t14-,17?,24-/m0/s1. The van der Waals surface area contributed by atoms with E-state index >= 15 is 0 Å². The molecule has 0 saturated heterocycles. The predicted molar refractivity (Wildman–Crippen MR) is 116 cm³/mol. The second-order valence-corrected chi connectivity index (χ2v) is 9.10. The molecule has 1 aromatic carbocycles. The number of fused-ring (bicyclic) bond motifs is 5. The summed E-state index contributed by atoms with van der Waals surface area (Å²) in [4.78, 5) is 30.4. The van der Waals surface area contributed by atoms with Gasteiger partial charge in [-0.3, -0.25) is 4.79 Å². The van der Waals surface area contributed by atoms with E-state index in [0.717, 1.165) is 11.1 Å². The van der Waals surface area contributed by atoms with Gasteiger partial charge < -0.3 is 25.3 Å². The Balaban J connectivity index is 1.71. The number of aromatic nitrogens is 2. The number of pyridine rings is 2. The molecule has 1 aliphatic carbocycles. The van der Waals surface area contributed by atoms with E-state index in [1.54, 1.807) is 19.9 Å². The highest BCUT2D eigenvalue weighted by molar-refractivity contribution is 5.93. The molecule has 0 saturated carbocycles. The molecule has 4 heterocycles. The lowest BCUT2D eigenvalue weighted by Gasteiger charge is -2.31. The average Bonchev–Trinajstić information content (AvgIpc) is 3.14. The topological polar surface area (TPSA) is 128 Å². The van der Waals surface area contributed by atoms with Crippen LogP contribution in [-0.4, -0.2) is 25.7 Å². The van der Waals surface area contributed by atoms with Crippen molar-refractivity contribution >= 4 is 16.9 Å². The minimum Gasteiger partial charge on any atom is -0.458 e. The Hall–Kier alpha value is -3.14. The van der Waals surface area contributed by atoms with Crippen LogP contribution in [0.15, 0.2) is 16.9 Å². The number of halogens is 1. The Morgan fingerprint density at radius 1 is 1.30 bits per heavy atom. The van der Waals surface area contributed by atoms with Crippen molar-refractivity contribution in [3.63, 3.8) is 0 Å². The maximum atomic E-state index is 14.7. The van der Waals surface area contributed by atoms with E-state index in [1.807, 2.05) is 0 Å². The molecule has 0 spiro atoms. The zero-order valence-electron chi connectivity index (χ0n) is 18.1. The van der Waals surface area contributed by atoms with Crippen molar-refractivity contribution in [2.75, 3.05) is 0 Å². The normalized spacial score (nSPS) is 25.0. The molecule has 0 bridgehead atoms. The molecule has 2 aromatic heterocycles. The largest absolute Gasteiger partial charge is 0.458 e. The molecule has 33 heavy (non-hydrogen) atoms. The summed E-state index contributed by atoms with van der Waals surface area (Å²) < 4.78 is 21.4. The van der Waals surface area contributed by atoms with Crippen molar-refractivity contribution < 1.29 is 24.1 Å². The van der Waals surface area contributed by atoms with Gasteiger partial charge in [-0.2, -0.15) is 0 Å². The van der Waals surface area contributed by atoms with Crippen LogP contribution in [0.2, 0.25) is 0 Å². The predicted octanol–water partition coefficient (Wildman–Crippen LogP) is 1.96. The van der Waals surface area contributed by atoms with Crippen LogP contribution >= 0.6 is 0 Å². The minimum atomic E-state index is -1.92. The second kappa shape index (κ2) is 6.47. The van der Waals surface area contributed by atoms with Crippen LogP contribution in [0, 0.1) is 12.7 Å². The van der Waals surface area contributed by atoms with E-state index in [2.05, 4.69) is 4.98 Å². The van der Waals surface area contributed by atoms with Gasteiger partial charge >= 0.3 is 5.97 Å². The number of hydrogen-bond donors (Lipinski definition) is 3. The van der Waals surface area contributed by atoms with E-state index < -0.39 is 29.5 Å². The van der Waals surface area contributed by atoms with Gasteiger partial charge in [-0.15, -0.1) is 0 Å². The lowest BCUT2D eigenvalue weighted by atomic mass is 9.80. The molecule has 3 aromatic rings. The van der Waals surface area contributed by atoms with Crippen molar-refractivity contribution in [3.8, 4) is 11.4 Å². The number of cyclic esters (lactones) is 1. The first kappa shape index (κ1) is 20.5. The number of nitrogens with two attached hydrogens (primary N) is 1. The van der Waals surface area contributed by atoms with Gasteiger partial charge in [0.15, 0.2) is 5.60 Å². The first-order chi connectivity index (χ1) is 15.7. The number of carbonyl (C=O) groups is 1. The lowest BCUT2D eigenvalue weighted by Crippen LogP contribution is -2.44. The van der Waals surface area contributed by atoms with Gasteiger partial charge in [0.2, 0.25) is 0 Å². The fraction of sp³-hybridized carbons (Fsp3) is 0.375. The van der Waals surface area contributed by atoms with Crippen molar-refractivity contribution in [1.29, 1.82) is 0 Å². The molecule has 3 aliphatic rings. The number of hydrogen-bond acceptors (Lipinski definition) is 7. The molecule has 0 radical (unpaired) electrons. The Labute approximate surface area is 187 Å². The quantitative estimate of drug-likeness (QED) is 0.378. The summed E-state index contributed by atoms with van der Waals surface area (Å²) in [5, 5.41) is 22.3. The van der Waals surface area contributed by atoms with E-state index in [1.165, 1.54) is 10.6 Å². The second-order valence-electron chi connectivity index (χ2n) is 9.10. The van der Waals surface area contributed by atoms with Gasteiger partial charge in [-0.05, 0) is 42.5 Å². The summed E-state index contributed by atoms with van der Waals surface area (Å²) in [5.74, 6) is -1.27. The molecular formula is C24H22FN3O5. The van der Waals surface area contributed by atoms with Crippen molar-refractivity contribution in [1.82, 2.24) is 9.55 Å². The Kier molecular flexibility index (Phi) is 4.01. The smallest absolute Gasteiger partial charge is 0.343 e. The third kappa shape index (κ3) is 2.41. The van der Waals surface area contributed by atoms with Gasteiger partial charge in [0.1, 0.15) is 12.4 Å². The van der Waals surface area contributed by atoms with Crippen LogP contribution in [0.4, 0.5) is 4.39 Å². The molecular weight excluding hydrogens is 429 g/mol. The van der Waals surface area contributed by atoms with Gasteiger partial charge in [-0.25, -0.2) is 14.2 Å². The fourth-order valence-corrected chi connectivity index (χ4v) is 5.68. The zero-order chi connectivity index (χ0) is 23.4. The number of esters is 1. The van der Waals surface area contributed by atoms with Gasteiger partial charge in [0.05, 0.1) is 35.1 Å². The first-order valence-corrected chi connectivity index (χ1v) is 10.9. The summed E-state index contributed by atoms with van der Waals surface area (Å²) in [6.45, 7) is 3.25. The number of ether oxygens (including phenoxy) is 1. The van der Waals surface area contributed by atoms with Crippen LogP contribution < -0.4 is 11.3 Å². The number of aliphatic hydroxyl groups excluding tert-OH is 1. The molecule has 6 rings (SSSR count). The third-order valence-electron chi connectivity index (χ3n) is 7.45. The minimum absolute atomic E-state index is 0.0432. The van der Waals surface area contributed by atoms with Crippen molar-refractivity contribution in [2.24, 2.45) is 5.73 Å². The third-order valence-corrected chi connectivity index (χ3v) is 7.45. The molecule has 0 amide bonds. The van der Waals surface area contributed by atoms with Gasteiger partial charge in [0, 0.05) is 28.6 Å². The molecule has 3 atom stereocenters. The van der Waals surface area contributed by atoms with E-state index in [0.29, 0.717) is 33.4 Å². The molecule has 2 aliphatic heterocycles. The van der Waals surface area contributed by atoms with E-state index in [-0.39, 0.29) is 42.7 Å². The van der Waals surface area contributed by atoms with Crippen LogP contribution in [0.1, 0.15) is 65.3 Å². The zero-order valence-corrected chi connectivity index (χ0v) is 18.1. The first-order valence-electron chi connectivity index (χ1n) is 10.9. The van der Waals surface area contributed by atoms with Crippen molar-refractivity contribution in [3.05, 3.63) is 61.7 Å². The summed E-state index contributed by atoms with van der Waals surface area (Å²) >= 11 is 0. The number of benzene rings is 1. The number of rotatable bonds is 1. The van der Waals surface area contributed by atoms with Crippen LogP contribution in [0.3, 0.4) is 0 Å². The Morgan fingerprint density at radius 3 is 2.79 bits per heavy atom. The number of nitrogens with zero attached hydrogens (tertiary/aromatic N) is 2. The highest BCUT2D eigenvalue weighted by Gasteiger charge is 2.46.